The van der Waals surface area contributed by atoms with Gasteiger partial charge in [0.1, 0.15) is 5.75 Å². The van der Waals surface area contributed by atoms with Crippen LogP contribution in [0.5, 0.6) is 5.75 Å². The largest absolute Gasteiger partial charge is 0.497 e. The summed E-state index contributed by atoms with van der Waals surface area (Å²) in [5, 5.41) is 12.5. The highest BCUT2D eigenvalue weighted by Gasteiger charge is 2.24. The number of aromatic nitrogens is 4. The molecule has 5 aromatic rings. The summed E-state index contributed by atoms with van der Waals surface area (Å²) >= 11 is 0. The van der Waals surface area contributed by atoms with Crippen LogP contribution in [0.25, 0.3) is 28.5 Å². The number of fused-ring (bicyclic) bond motifs is 5. The van der Waals surface area contributed by atoms with Gasteiger partial charge in [-0.25, -0.2) is 18.1 Å². The number of anilines is 2. The molecule has 6 rings (SSSR count). The lowest BCUT2D eigenvalue weighted by atomic mass is 10.1. The molecule has 0 saturated heterocycles. The van der Waals surface area contributed by atoms with Crippen molar-refractivity contribution in [1.29, 1.82) is 0 Å². The van der Waals surface area contributed by atoms with Crippen LogP contribution in [0.15, 0.2) is 96.0 Å². The molecule has 190 valence electrons. The first kappa shape index (κ1) is 23.8. The van der Waals surface area contributed by atoms with E-state index in [1.54, 1.807) is 25.4 Å². The van der Waals surface area contributed by atoms with Crippen molar-refractivity contribution in [3.63, 3.8) is 0 Å². The van der Waals surface area contributed by atoms with Gasteiger partial charge in [-0.05, 0) is 60.5 Å². The molecule has 1 aliphatic heterocycles. The van der Waals surface area contributed by atoms with E-state index in [2.05, 4.69) is 25.2 Å². The molecule has 0 aliphatic carbocycles. The number of rotatable bonds is 7. The standard InChI is InChI=1S/C28H24N6O3S/c1-37-21-12-14-22(15-13-21)38(35,36)30-18-16-19-8-10-20(11-9-19)27-32-33-28-23-5-2-3-6-24(23)31-26-25(34(27)28)7-4-17-29-26/h2-15,17,30H,16,18H2,1H3,(H,29,31). The van der Waals surface area contributed by atoms with Crippen molar-refractivity contribution in [2.75, 3.05) is 19.0 Å². The number of sulfonamides is 1. The summed E-state index contributed by atoms with van der Waals surface area (Å²) in [5.41, 5.74) is 4.59. The fourth-order valence-corrected chi connectivity index (χ4v) is 5.48. The fourth-order valence-electron chi connectivity index (χ4n) is 4.45. The molecule has 0 radical (unpaired) electrons. The van der Waals surface area contributed by atoms with Gasteiger partial charge in [-0.15, -0.1) is 10.2 Å². The Kier molecular flexibility index (Phi) is 6.10. The quantitative estimate of drug-likeness (QED) is 0.314. The summed E-state index contributed by atoms with van der Waals surface area (Å²) in [6.45, 7) is 0.273. The molecular formula is C28H24N6O3S. The van der Waals surface area contributed by atoms with E-state index in [4.69, 9.17) is 4.74 Å². The van der Waals surface area contributed by atoms with Crippen LogP contribution in [0.3, 0.4) is 0 Å². The first-order valence-electron chi connectivity index (χ1n) is 12.0. The van der Waals surface area contributed by atoms with Gasteiger partial charge in [0, 0.05) is 23.9 Å². The number of nitrogens with zero attached hydrogens (tertiary/aromatic N) is 4. The van der Waals surface area contributed by atoms with Gasteiger partial charge >= 0.3 is 0 Å². The number of methoxy groups -OCH3 is 1. The second-order valence-electron chi connectivity index (χ2n) is 8.74. The highest BCUT2D eigenvalue weighted by atomic mass is 32.2. The van der Waals surface area contributed by atoms with Gasteiger partial charge in [-0.2, -0.15) is 0 Å². The number of nitrogens with one attached hydrogen (secondary N) is 2. The van der Waals surface area contributed by atoms with Crippen LogP contribution in [0.2, 0.25) is 0 Å². The van der Waals surface area contributed by atoms with E-state index in [0.29, 0.717) is 18.0 Å². The number of ether oxygens (including phenoxy) is 1. The highest BCUT2D eigenvalue weighted by Crippen LogP contribution is 2.38. The number of benzene rings is 3. The van der Waals surface area contributed by atoms with Gasteiger partial charge in [-0.3, -0.25) is 4.57 Å². The molecule has 0 saturated carbocycles. The summed E-state index contributed by atoms with van der Waals surface area (Å²) in [6.07, 6.45) is 2.29. The number of para-hydroxylation sites is 1. The Balaban J connectivity index is 1.23. The normalized spacial score (nSPS) is 12.0. The predicted octanol–water partition coefficient (Wildman–Crippen LogP) is 4.58. The molecule has 2 aromatic heterocycles. The average Bonchev–Trinajstić information content (AvgIpc) is 3.33. The van der Waals surface area contributed by atoms with Crippen LogP contribution in [0.1, 0.15) is 5.56 Å². The van der Waals surface area contributed by atoms with Gasteiger partial charge < -0.3 is 10.1 Å². The summed E-state index contributed by atoms with van der Waals surface area (Å²) in [7, 11) is -2.06. The van der Waals surface area contributed by atoms with Gasteiger partial charge in [0.25, 0.3) is 0 Å². The van der Waals surface area contributed by atoms with E-state index in [-0.39, 0.29) is 11.4 Å². The van der Waals surface area contributed by atoms with Crippen LogP contribution in [0.4, 0.5) is 11.5 Å². The molecule has 9 nitrogen and oxygen atoms in total. The first-order chi connectivity index (χ1) is 18.5. The number of hydrogen-bond donors (Lipinski definition) is 2. The SMILES string of the molecule is COc1ccc(S(=O)(=O)NCCc2ccc(-c3nnc4n3-c3cccnc3Nc3ccccc3-4)cc2)cc1. The van der Waals surface area contributed by atoms with Crippen molar-refractivity contribution in [3.05, 3.63) is 96.7 Å². The van der Waals surface area contributed by atoms with Gasteiger partial charge in [-0.1, -0.05) is 36.4 Å². The third-order valence-corrected chi connectivity index (χ3v) is 7.88. The molecule has 38 heavy (non-hydrogen) atoms. The van der Waals surface area contributed by atoms with Crippen LogP contribution < -0.4 is 14.8 Å². The Labute approximate surface area is 220 Å². The van der Waals surface area contributed by atoms with E-state index in [1.165, 1.54) is 12.1 Å². The minimum absolute atomic E-state index is 0.201. The van der Waals surface area contributed by atoms with Crippen LogP contribution >= 0.6 is 0 Å². The Bertz CT molecular complexity index is 1710. The molecule has 0 amide bonds. The van der Waals surface area contributed by atoms with Crippen molar-refractivity contribution in [3.8, 4) is 34.2 Å². The van der Waals surface area contributed by atoms with Crippen LogP contribution in [-0.2, 0) is 16.4 Å². The summed E-state index contributed by atoms with van der Waals surface area (Å²) in [5.74, 6) is 2.75. The second-order valence-corrected chi connectivity index (χ2v) is 10.5. The molecule has 0 bridgehead atoms. The lowest BCUT2D eigenvalue weighted by Gasteiger charge is -2.11. The number of hydrogen-bond acceptors (Lipinski definition) is 7. The molecule has 0 atom stereocenters. The molecule has 0 unspecified atom stereocenters. The molecule has 10 heteroatoms. The van der Waals surface area contributed by atoms with Crippen molar-refractivity contribution >= 4 is 21.5 Å². The molecule has 3 aromatic carbocycles. The maximum atomic E-state index is 12.6. The Morgan fingerprint density at radius 3 is 2.45 bits per heavy atom. The maximum absolute atomic E-state index is 12.6. The van der Waals surface area contributed by atoms with E-state index in [0.717, 1.165) is 39.7 Å². The number of pyridine rings is 1. The molecule has 0 spiro atoms. The van der Waals surface area contributed by atoms with E-state index in [1.807, 2.05) is 65.2 Å². The Morgan fingerprint density at radius 1 is 0.895 bits per heavy atom. The molecule has 3 heterocycles. The third kappa shape index (κ3) is 4.40. The zero-order valence-electron chi connectivity index (χ0n) is 20.5. The van der Waals surface area contributed by atoms with Gasteiger partial charge in [0.2, 0.25) is 10.0 Å². The van der Waals surface area contributed by atoms with Gasteiger partial charge in [0.15, 0.2) is 17.5 Å². The molecule has 2 N–H and O–H groups in total. The van der Waals surface area contributed by atoms with Crippen LogP contribution in [-0.4, -0.2) is 41.8 Å². The molecular weight excluding hydrogens is 500 g/mol. The predicted molar refractivity (Wildman–Crippen MR) is 145 cm³/mol. The fraction of sp³-hybridized carbons (Fsp3) is 0.107. The maximum Gasteiger partial charge on any atom is 0.240 e. The minimum Gasteiger partial charge on any atom is -0.497 e. The lowest BCUT2D eigenvalue weighted by Crippen LogP contribution is -2.25. The van der Waals surface area contributed by atoms with E-state index >= 15 is 0 Å². The van der Waals surface area contributed by atoms with Crippen molar-refractivity contribution in [2.24, 2.45) is 0 Å². The first-order valence-corrected chi connectivity index (χ1v) is 13.5. The van der Waals surface area contributed by atoms with Gasteiger partial charge in [0.05, 0.1) is 23.4 Å². The average molecular weight is 525 g/mol. The lowest BCUT2D eigenvalue weighted by molar-refractivity contribution is 0.414. The van der Waals surface area contributed by atoms with Crippen molar-refractivity contribution in [2.45, 2.75) is 11.3 Å². The third-order valence-electron chi connectivity index (χ3n) is 6.40. The Morgan fingerprint density at radius 2 is 1.66 bits per heavy atom. The topological polar surface area (TPSA) is 111 Å². The van der Waals surface area contributed by atoms with Crippen LogP contribution in [0, 0.1) is 0 Å². The zero-order valence-corrected chi connectivity index (χ0v) is 21.3. The summed E-state index contributed by atoms with van der Waals surface area (Å²) in [6, 6.07) is 26.0. The summed E-state index contributed by atoms with van der Waals surface area (Å²) in [4.78, 5) is 4.74. The monoisotopic (exact) mass is 524 g/mol. The van der Waals surface area contributed by atoms with Crippen molar-refractivity contribution in [1.82, 2.24) is 24.5 Å². The molecule has 0 fully saturated rings. The smallest absolute Gasteiger partial charge is 0.240 e. The van der Waals surface area contributed by atoms with E-state index in [9.17, 15) is 8.42 Å². The zero-order chi connectivity index (χ0) is 26.1. The molecule has 1 aliphatic rings. The summed E-state index contributed by atoms with van der Waals surface area (Å²) < 4.78 is 35.0. The highest BCUT2D eigenvalue weighted by molar-refractivity contribution is 7.89. The Hall–Kier alpha value is -4.54. The van der Waals surface area contributed by atoms with E-state index < -0.39 is 10.0 Å². The second kappa shape index (κ2) is 9.73. The minimum atomic E-state index is -3.60. The van der Waals surface area contributed by atoms with Crippen molar-refractivity contribution < 1.29 is 13.2 Å².